The van der Waals surface area contributed by atoms with Crippen molar-refractivity contribution in [1.82, 2.24) is 4.98 Å². The number of fused-ring (bicyclic) bond motifs is 1. The zero-order valence-electron chi connectivity index (χ0n) is 11.9. The van der Waals surface area contributed by atoms with Crippen molar-refractivity contribution < 1.29 is 13.6 Å². The van der Waals surface area contributed by atoms with E-state index in [1.165, 1.54) is 17.4 Å². The van der Waals surface area contributed by atoms with Crippen molar-refractivity contribution in [3.63, 3.8) is 0 Å². The summed E-state index contributed by atoms with van der Waals surface area (Å²) in [5, 5.41) is 2.78. The first-order valence-electron chi connectivity index (χ1n) is 6.59. The summed E-state index contributed by atoms with van der Waals surface area (Å²) in [5.41, 5.74) is 2.30. The molecular formula is C16H12F2N2OS. The van der Waals surface area contributed by atoms with Gasteiger partial charge in [0.2, 0.25) is 0 Å². The van der Waals surface area contributed by atoms with Crippen LogP contribution in [0.1, 0.15) is 21.5 Å². The molecule has 0 bridgehead atoms. The molecule has 0 fully saturated rings. The summed E-state index contributed by atoms with van der Waals surface area (Å²) in [7, 11) is 0. The molecular weight excluding hydrogens is 306 g/mol. The molecule has 3 nitrogen and oxygen atoms in total. The number of benzene rings is 2. The molecule has 1 heterocycles. The minimum atomic E-state index is -0.898. The molecule has 6 heteroatoms. The normalized spacial score (nSPS) is 10.9. The van der Waals surface area contributed by atoms with Crippen LogP contribution in [0.3, 0.4) is 0 Å². The highest BCUT2D eigenvalue weighted by Gasteiger charge is 2.18. The van der Waals surface area contributed by atoms with E-state index < -0.39 is 23.1 Å². The lowest BCUT2D eigenvalue weighted by molar-refractivity contribution is 0.101. The van der Waals surface area contributed by atoms with Gasteiger partial charge in [-0.3, -0.25) is 10.1 Å². The maximum atomic E-state index is 13.6. The number of nitrogens with zero attached hydrogens (tertiary/aromatic N) is 1. The average molecular weight is 318 g/mol. The lowest BCUT2D eigenvalue weighted by Gasteiger charge is -2.04. The fourth-order valence-corrected chi connectivity index (χ4v) is 3.07. The van der Waals surface area contributed by atoms with Crippen molar-refractivity contribution in [1.29, 1.82) is 0 Å². The van der Waals surface area contributed by atoms with Gasteiger partial charge in [-0.25, -0.2) is 13.8 Å². The maximum Gasteiger partial charge on any atom is 0.263 e. The first-order valence-corrected chi connectivity index (χ1v) is 7.41. The number of hydrogen-bond donors (Lipinski definition) is 1. The van der Waals surface area contributed by atoms with Crippen LogP contribution in [0, 0.1) is 25.5 Å². The molecule has 3 rings (SSSR count). The molecule has 3 aromatic rings. The molecule has 0 aliphatic rings. The molecule has 0 atom stereocenters. The van der Waals surface area contributed by atoms with Crippen molar-refractivity contribution in [2.45, 2.75) is 13.8 Å². The number of aromatic nitrogens is 1. The Morgan fingerprint density at radius 3 is 2.50 bits per heavy atom. The number of thiazole rings is 1. The Morgan fingerprint density at radius 2 is 1.82 bits per heavy atom. The molecule has 0 saturated heterocycles. The van der Waals surface area contributed by atoms with Gasteiger partial charge in [0.1, 0.15) is 17.2 Å². The summed E-state index contributed by atoms with van der Waals surface area (Å²) < 4.78 is 28.1. The van der Waals surface area contributed by atoms with Crippen molar-refractivity contribution >= 4 is 32.6 Å². The molecule has 0 spiro atoms. The van der Waals surface area contributed by atoms with Crippen LogP contribution in [0.25, 0.3) is 10.2 Å². The van der Waals surface area contributed by atoms with Gasteiger partial charge in [0.25, 0.3) is 5.91 Å². The molecule has 0 saturated carbocycles. The summed E-state index contributed by atoms with van der Waals surface area (Å²) in [6, 6.07) is 7.19. The van der Waals surface area contributed by atoms with Gasteiger partial charge < -0.3 is 0 Å². The van der Waals surface area contributed by atoms with E-state index in [9.17, 15) is 13.6 Å². The van der Waals surface area contributed by atoms with Crippen molar-refractivity contribution in [2.75, 3.05) is 5.32 Å². The third kappa shape index (κ3) is 2.46. The summed E-state index contributed by atoms with van der Waals surface area (Å²) in [6.07, 6.45) is 0. The van der Waals surface area contributed by atoms with Gasteiger partial charge in [0.15, 0.2) is 5.13 Å². The standard InChI is InChI=1S/C16H12F2N2OS/c1-8-6-7-12-14(9(8)2)19-16(22-12)20-15(21)13-10(17)4-3-5-11(13)18/h3-7H,1-2H3,(H,19,20,21). The Labute approximate surface area is 129 Å². The second-order valence-electron chi connectivity index (χ2n) is 4.92. The van der Waals surface area contributed by atoms with Crippen LogP contribution in [0.5, 0.6) is 0 Å². The van der Waals surface area contributed by atoms with Gasteiger partial charge in [-0.2, -0.15) is 0 Å². The number of nitrogens with one attached hydrogen (secondary N) is 1. The van der Waals surface area contributed by atoms with Gasteiger partial charge in [-0.15, -0.1) is 0 Å². The van der Waals surface area contributed by atoms with Crippen LogP contribution in [0.2, 0.25) is 0 Å². The van der Waals surface area contributed by atoms with E-state index in [-0.39, 0.29) is 0 Å². The van der Waals surface area contributed by atoms with Gasteiger partial charge in [0.05, 0.1) is 10.2 Å². The van der Waals surface area contributed by atoms with E-state index in [1.54, 1.807) is 0 Å². The molecule has 1 N–H and O–H groups in total. The first kappa shape index (κ1) is 14.6. The highest BCUT2D eigenvalue weighted by atomic mass is 32.1. The second-order valence-corrected chi connectivity index (χ2v) is 5.95. The van der Waals surface area contributed by atoms with Gasteiger partial charge in [0, 0.05) is 0 Å². The summed E-state index contributed by atoms with van der Waals surface area (Å²) in [5.74, 6) is -2.64. The molecule has 0 radical (unpaired) electrons. The van der Waals surface area contributed by atoms with Crippen LogP contribution in [-0.4, -0.2) is 10.9 Å². The predicted molar refractivity (Wildman–Crippen MR) is 83.4 cm³/mol. The number of aryl methyl sites for hydroxylation is 2. The van der Waals surface area contributed by atoms with Crippen LogP contribution >= 0.6 is 11.3 Å². The topological polar surface area (TPSA) is 42.0 Å². The Bertz CT molecular complexity index is 869. The minimum absolute atomic E-state index is 0.316. The Hall–Kier alpha value is -2.34. The number of carbonyl (C=O) groups is 1. The molecule has 0 aliphatic heterocycles. The van der Waals surface area contributed by atoms with E-state index in [0.29, 0.717) is 5.13 Å². The number of hydrogen-bond acceptors (Lipinski definition) is 3. The van der Waals surface area contributed by atoms with Crippen LogP contribution in [0.4, 0.5) is 13.9 Å². The van der Waals surface area contributed by atoms with Gasteiger partial charge in [-0.1, -0.05) is 23.5 Å². The van der Waals surface area contributed by atoms with Crippen LogP contribution in [0.15, 0.2) is 30.3 Å². The SMILES string of the molecule is Cc1ccc2sc(NC(=O)c3c(F)cccc3F)nc2c1C. The second kappa shape index (κ2) is 5.46. The molecule has 112 valence electrons. The number of rotatable bonds is 2. The average Bonchev–Trinajstić information content (AvgIpc) is 2.86. The van der Waals surface area contributed by atoms with Crippen molar-refractivity contribution in [3.8, 4) is 0 Å². The number of halogens is 2. The Balaban J connectivity index is 1.96. The zero-order valence-corrected chi connectivity index (χ0v) is 12.7. The minimum Gasteiger partial charge on any atom is -0.298 e. The van der Waals surface area contributed by atoms with Gasteiger partial charge >= 0.3 is 0 Å². The maximum absolute atomic E-state index is 13.6. The quantitative estimate of drug-likeness (QED) is 0.759. The van der Waals surface area contributed by atoms with E-state index in [1.807, 2.05) is 26.0 Å². The van der Waals surface area contributed by atoms with Crippen LogP contribution < -0.4 is 5.32 Å². The molecule has 2 aromatic carbocycles. The first-order chi connectivity index (χ1) is 10.5. The lowest BCUT2D eigenvalue weighted by atomic mass is 10.1. The van der Waals surface area contributed by atoms with E-state index in [4.69, 9.17) is 0 Å². The van der Waals surface area contributed by atoms with Crippen molar-refractivity contribution in [3.05, 3.63) is 58.7 Å². The fourth-order valence-electron chi connectivity index (χ4n) is 2.15. The summed E-state index contributed by atoms with van der Waals surface area (Å²) >= 11 is 1.27. The number of carbonyl (C=O) groups excluding carboxylic acids is 1. The zero-order chi connectivity index (χ0) is 15.9. The number of anilines is 1. The largest absolute Gasteiger partial charge is 0.298 e. The molecule has 1 amide bonds. The summed E-state index contributed by atoms with van der Waals surface area (Å²) in [4.78, 5) is 16.4. The van der Waals surface area contributed by atoms with E-state index >= 15 is 0 Å². The Morgan fingerprint density at radius 1 is 1.14 bits per heavy atom. The third-order valence-corrected chi connectivity index (χ3v) is 4.43. The molecule has 0 aliphatic carbocycles. The lowest BCUT2D eigenvalue weighted by Crippen LogP contribution is -2.15. The highest BCUT2D eigenvalue weighted by molar-refractivity contribution is 7.22. The third-order valence-electron chi connectivity index (χ3n) is 3.50. The molecule has 1 aromatic heterocycles. The van der Waals surface area contributed by atoms with Crippen molar-refractivity contribution in [2.24, 2.45) is 0 Å². The summed E-state index contributed by atoms with van der Waals surface area (Å²) in [6.45, 7) is 3.92. The van der Waals surface area contributed by atoms with Crippen LogP contribution in [-0.2, 0) is 0 Å². The Kier molecular flexibility index (Phi) is 3.62. The molecule has 22 heavy (non-hydrogen) atoms. The smallest absolute Gasteiger partial charge is 0.263 e. The molecule has 0 unspecified atom stereocenters. The monoisotopic (exact) mass is 318 g/mol. The number of amides is 1. The highest BCUT2D eigenvalue weighted by Crippen LogP contribution is 2.30. The van der Waals surface area contributed by atoms with E-state index in [0.717, 1.165) is 33.5 Å². The van der Waals surface area contributed by atoms with E-state index in [2.05, 4.69) is 10.3 Å². The predicted octanol–water partition coefficient (Wildman–Crippen LogP) is 4.44. The fraction of sp³-hybridized carbons (Fsp3) is 0.125. The van der Waals surface area contributed by atoms with Gasteiger partial charge in [-0.05, 0) is 43.2 Å².